The van der Waals surface area contributed by atoms with Crippen molar-refractivity contribution in [3.05, 3.63) is 12.2 Å². The second-order valence-electron chi connectivity index (χ2n) is 12.7. The van der Waals surface area contributed by atoms with E-state index in [0.29, 0.717) is 6.42 Å². The summed E-state index contributed by atoms with van der Waals surface area (Å²) in [7, 11) is 0. The van der Waals surface area contributed by atoms with Gasteiger partial charge in [0.15, 0.2) is 6.10 Å². The average Bonchev–Trinajstić information content (AvgIpc) is 3.01. The van der Waals surface area contributed by atoms with Gasteiger partial charge in [0, 0.05) is 12.5 Å². The molecule has 0 aromatic rings. The molecule has 0 aromatic heterocycles. The van der Waals surface area contributed by atoms with E-state index in [1.807, 2.05) is 6.08 Å². The molecule has 0 saturated carbocycles. The van der Waals surface area contributed by atoms with Crippen LogP contribution in [0.2, 0.25) is 0 Å². The van der Waals surface area contributed by atoms with E-state index in [1.165, 1.54) is 154 Å². The Kier molecular flexibility index (Phi) is 34.0. The van der Waals surface area contributed by atoms with Crippen LogP contribution in [0, 0.1) is 0 Å². The number of carbonyl (C=O) groups is 2. The normalized spacial score (nSPS) is 12.2. The molecule has 0 spiro atoms. The van der Waals surface area contributed by atoms with Gasteiger partial charge in [-0.1, -0.05) is 180 Å². The van der Waals surface area contributed by atoms with Crippen LogP contribution in [0.3, 0.4) is 0 Å². The van der Waals surface area contributed by atoms with Gasteiger partial charge in [0.25, 0.3) is 0 Å². The van der Waals surface area contributed by atoms with Crippen molar-refractivity contribution in [2.45, 2.75) is 206 Å². The highest BCUT2D eigenvalue weighted by atomic mass is 16.6. The SMILES string of the molecule is CCCCCCCCCCCCCCCC=CC(=O)OC(CO)COC(=O)CCCCCCCCCCCCCCCC. The molecule has 5 heteroatoms. The lowest BCUT2D eigenvalue weighted by Crippen LogP contribution is -2.27. The lowest BCUT2D eigenvalue weighted by molar-refractivity contribution is -0.157. The minimum absolute atomic E-state index is 0.0909. The zero-order valence-corrected chi connectivity index (χ0v) is 28.7. The molecule has 0 saturated heterocycles. The number of esters is 2. The van der Waals surface area contributed by atoms with E-state index in [4.69, 9.17) is 9.47 Å². The van der Waals surface area contributed by atoms with Gasteiger partial charge in [0.2, 0.25) is 0 Å². The van der Waals surface area contributed by atoms with Crippen molar-refractivity contribution in [3.63, 3.8) is 0 Å². The molecular weight excluding hydrogens is 536 g/mol. The number of aliphatic hydroxyl groups excluding tert-OH is 1. The van der Waals surface area contributed by atoms with E-state index in [0.717, 1.165) is 32.1 Å². The van der Waals surface area contributed by atoms with Crippen molar-refractivity contribution >= 4 is 11.9 Å². The molecule has 0 aliphatic carbocycles. The molecule has 0 aliphatic heterocycles. The molecular formula is C38H72O5. The Balaban J connectivity index is 3.57. The van der Waals surface area contributed by atoms with Crippen LogP contribution in [0.1, 0.15) is 200 Å². The van der Waals surface area contributed by atoms with Gasteiger partial charge in [-0.15, -0.1) is 0 Å². The molecule has 0 aliphatic rings. The zero-order valence-electron chi connectivity index (χ0n) is 28.7. The van der Waals surface area contributed by atoms with Crippen molar-refractivity contribution in [2.24, 2.45) is 0 Å². The molecule has 1 atom stereocenters. The highest BCUT2D eigenvalue weighted by molar-refractivity contribution is 5.82. The Morgan fingerprint density at radius 3 is 1.33 bits per heavy atom. The zero-order chi connectivity index (χ0) is 31.5. The summed E-state index contributed by atoms with van der Waals surface area (Å²) in [4.78, 5) is 24.1. The number of hydrogen-bond acceptors (Lipinski definition) is 5. The van der Waals surface area contributed by atoms with Crippen LogP contribution < -0.4 is 0 Å². The number of hydrogen-bond donors (Lipinski definition) is 1. The second-order valence-corrected chi connectivity index (χ2v) is 12.7. The topological polar surface area (TPSA) is 72.8 Å². The van der Waals surface area contributed by atoms with Gasteiger partial charge in [-0.05, 0) is 19.3 Å². The van der Waals surface area contributed by atoms with Crippen LogP contribution in [-0.2, 0) is 19.1 Å². The maximum absolute atomic E-state index is 12.0. The number of aliphatic hydroxyl groups is 1. The van der Waals surface area contributed by atoms with Crippen molar-refractivity contribution in [2.75, 3.05) is 13.2 Å². The van der Waals surface area contributed by atoms with E-state index in [1.54, 1.807) is 0 Å². The van der Waals surface area contributed by atoms with Gasteiger partial charge in [-0.3, -0.25) is 4.79 Å². The Morgan fingerprint density at radius 2 is 0.930 bits per heavy atom. The first-order chi connectivity index (χ1) is 21.1. The van der Waals surface area contributed by atoms with Gasteiger partial charge in [0.05, 0.1) is 6.61 Å². The first-order valence-corrected chi connectivity index (χ1v) is 18.8. The maximum Gasteiger partial charge on any atom is 0.330 e. The van der Waals surface area contributed by atoms with Crippen molar-refractivity contribution < 1.29 is 24.2 Å². The molecule has 254 valence electrons. The Morgan fingerprint density at radius 1 is 0.558 bits per heavy atom. The van der Waals surface area contributed by atoms with Crippen LogP contribution in [0.25, 0.3) is 0 Å². The van der Waals surface area contributed by atoms with E-state index in [2.05, 4.69) is 13.8 Å². The highest BCUT2D eigenvalue weighted by Gasteiger charge is 2.14. The van der Waals surface area contributed by atoms with Crippen molar-refractivity contribution in [1.29, 1.82) is 0 Å². The largest absolute Gasteiger partial charge is 0.462 e. The third-order valence-electron chi connectivity index (χ3n) is 8.38. The molecule has 0 heterocycles. The molecule has 0 bridgehead atoms. The van der Waals surface area contributed by atoms with Crippen LogP contribution in [0.15, 0.2) is 12.2 Å². The lowest BCUT2D eigenvalue weighted by atomic mass is 10.0. The van der Waals surface area contributed by atoms with Crippen LogP contribution in [-0.4, -0.2) is 36.4 Å². The number of allylic oxidation sites excluding steroid dienone is 1. The van der Waals surface area contributed by atoms with Crippen molar-refractivity contribution in [3.8, 4) is 0 Å². The standard InChI is InChI=1S/C38H72O5/c1-3-5-7-9-11-13-15-17-19-21-23-25-27-29-31-33-38(41)43-36(34-39)35-42-37(40)32-30-28-26-24-22-20-18-16-14-12-10-8-6-4-2/h31,33,36,39H,3-30,32,34-35H2,1-2H3. The molecule has 43 heavy (non-hydrogen) atoms. The fourth-order valence-electron chi connectivity index (χ4n) is 5.51. The average molecular weight is 609 g/mol. The molecule has 0 aromatic carbocycles. The third kappa shape index (κ3) is 33.4. The summed E-state index contributed by atoms with van der Waals surface area (Å²) in [6.45, 7) is 4.08. The monoisotopic (exact) mass is 609 g/mol. The highest BCUT2D eigenvalue weighted by Crippen LogP contribution is 2.15. The Labute approximate surface area is 267 Å². The number of ether oxygens (including phenoxy) is 2. The van der Waals surface area contributed by atoms with E-state index < -0.39 is 12.1 Å². The third-order valence-corrected chi connectivity index (χ3v) is 8.38. The minimum Gasteiger partial charge on any atom is -0.462 e. The predicted molar refractivity (Wildman–Crippen MR) is 182 cm³/mol. The fraction of sp³-hybridized carbons (Fsp3) is 0.895. The van der Waals surface area contributed by atoms with Gasteiger partial charge in [-0.2, -0.15) is 0 Å². The molecule has 0 rings (SSSR count). The predicted octanol–water partition coefficient (Wildman–Crippen LogP) is 11.3. The van der Waals surface area contributed by atoms with Crippen LogP contribution in [0.5, 0.6) is 0 Å². The number of unbranched alkanes of at least 4 members (excludes halogenated alkanes) is 26. The van der Waals surface area contributed by atoms with Gasteiger partial charge < -0.3 is 14.6 Å². The van der Waals surface area contributed by atoms with E-state index in [-0.39, 0.29) is 19.2 Å². The first kappa shape index (κ1) is 41.6. The summed E-state index contributed by atoms with van der Waals surface area (Å²) in [5.41, 5.74) is 0. The summed E-state index contributed by atoms with van der Waals surface area (Å²) in [5.74, 6) is -0.775. The Hall–Kier alpha value is -1.36. The summed E-state index contributed by atoms with van der Waals surface area (Å²) in [5, 5.41) is 9.51. The first-order valence-electron chi connectivity index (χ1n) is 18.8. The number of rotatable bonds is 34. The number of carbonyl (C=O) groups excluding carboxylic acids is 2. The van der Waals surface area contributed by atoms with Crippen LogP contribution in [0.4, 0.5) is 0 Å². The van der Waals surface area contributed by atoms with Gasteiger partial charge in [-0.25, -0.2) is 4.79 Å². The summed E-state index contributed by atoms with van der Waals surface area (Å²) in [6, 6.07) is 0. The van der Waals surface area contributed by atoms with Crippen molar-refractivity contribution in [1.82, 2.24) is 0 Å². The van der Waals surface area contributed by atoms with E-state index in [9.17, 15) is 14.7 Å². The second kappa shape index (κ2) is 35.1. The van der Waals surface area contributed by atoms with Crippen LogP contribution >= 0.6 is 0 Å². The van der Waals surface area contributed by atoms with Gasteiger partial charge in [0.1, 0.15) is 6.61 Å². The minimum atomic E-state index is -0.811. The molecule has 0 fully saturated rings. The summed E-state index contributed by atoms with van der Waals surface area (Å²) < 4.78 is 10.5. The molecule has 5 nitrogen and oxygen atoms in total. The lowest BCUT2D eigenvalue weighted by Gasteiger charge is -2.14. The quantitative estimate of drug-likeness (QED) is 0.0447. The summed E-state index contributed by atoms with van der Waals surface area (Å²) >= 11 is 0. The van der Waals surface area contributed by atoms with E-state index >= 15 is 0 Å². The molecule has 0 amide bonds. The Bertz CT molecular complexity index is 617. The maximum atomic E-state index is 12.0. The molecule has 0 radical (unpaired) electrons. The fourth-order valence-corrected chi connectivity index (χ4v) is 5.51. The summed E-state index contributed by atoms with van der Waals surface area (Å²) in [6.07, 6.45) is 38.8. The van der Waals surface area contributed by atoms with Gasteiger partial charge >= 0.3 is 11.9 Å². The molecule has 1 N–H and O–H groups in total. The molecule has 1 unspecified atom stereocenters. The smallest absolute Gasteiger partial charge is 0.330 e.